The summed E-state index contributed by atoms with van der Waals surface area (Å²) in [6, 6.07) is 2.72. The van der Waals surface area contributed by atoms with Gasteiger partial charge in [-0.25, -0.2) is 4.98 Å². The fraction of sp³-hybridized carbons (Fsp3) is 0.615. The molecule has 17 heavy (non-hydrogen) atoms. The predicted molar refractivity (Wildman–Crippen MR) is 77.4 cm³/mol. The van der Waals surface area contributed by atoms with E-state index < -0.39 is 0 Å². The van der Waals surface area contributed by atoms with Crippen molar-refractivity contribution in [2.45, 2.75) is 32.2 Å². The minimum absolute atomic E-state index is 0.540. The Labute approximate surface area is 113 Å². The van der Waals surface area contributed by atoms with Crippen molar-refractivity contribution in [3.05, 3.63) is 22.9 Å². The number of thioether (sulfide) groups is 1. The summed E-state index contributed by atoms with van der Waals surface area (Å²) in [4.78, 5) is 7.00. The molecule has 2 heterocycles. The molecule has 2 nitrogen and oxygen atoms in total. The highest BCUT2D eigenvalue weighted by atomic mass is 35.5. The first-order chi connectivity index (χ1) is 8.13. The van der Waals surface area contributed by atoms with Gasteiger partial charge in [-0.1, -0.05) is 0 Å². The van der Waals surface area contributed by atoms with Crippen LogP contribution in [-0.2, 0) is 5.88 Å². The number of hydrogen-bond donors (Lipinski definition) is 0. The van der Waals surface area contributed by atoms with E-state index in [0.29, 0.717) is 11.9 Å². The first-order valence-corrected chi connectivity index (χ1v) is 7.66. The van der Waals surface area contributed by atoms with E-state index >= 15 is 0 Å². The van der Waals surface area contributed by atoms with Crippen LogP contribution in [-0.4, -0.2) is 29.6 Å². The van der Waals surface area contributed by atoms with Crippen molar-refractivity contribution in [3.63, 3.8) is 0 Å². The summed E-state index contributed by atoms with van der Waals surface area (Å²) in [5.41, 5.74) is 3.50. The molecule has 0 bridgehead atoms. The van der Waals surface area contributed by atoms with E-state index in [4.69, 9.17) is 11.6 Å². The second-order valence-corrected chi connectivity index (χ2v) is 6.06. The van der Waals surface area contributed by atoms with Gasteiger partial charge >= 0.3 is 0 Å². The van der Waals surface area contributed by atoms with E-state index in [2.05, 4.69) is 29.9 Å². The highest BCUT2D eigenvalue weighted by Crippen LogP contribution is 2.29. The lowest BCUT2D eigenvalue weighted by molar-refractivity contribution is 0.687. The summed E-state index contributed by atoms with van der Waals surface area (Å²) in [5.74, 6) is 4.08. The summed E-state index contributed by atoms with van der Waals surface area (Å²) < 4.78 is 0. The predicted octanol–water partition coefficient (Wildman–Crippen LogP) is 3.38. The standard InChI is InChI=1S/C13H19ClN2S/c1-9-6-10(2)15-13(12(9)7-14)16(3)11-4-5-17-8-11/h6,11H,4-5,7-8H2,1-3H3. The van der Waals surface area contributed by atoms with Crippen LogP contribution >= 0.6 is 23.4 Å². The molecule has 4 heteroatoms. The second kappa shape index (κ2) is 5.49. The van der Waals surface area contributed by atoms with Gasteiger partial charge < -0.3 is 4.90 Å². The first kappa shape index (κ1) is 13.0. The van der Waals surface area contributed by atoms with Gasteiger partial charge in [-0.2, -0.15) is 11.8 Å². The SMILES string of the molecule is Cc1cc(C)c(CCl)c(N(C)C2CCSC2)n1. The third kappa shape index (κ3) is 2.71. The third-order valence-electron chi connectivity index (χ3n) is 3.37. The van der Waals surface area contributed by atoms with Crippen LogP contribution in [0, 0.1) is 13.8 Å². The Morgan fingerprint density at radius 2 is 2.29 bits per heavy atom. The molecule has 2 rings (SSSR count). The van der Waals surface area contributed by atoms with Crippen LogP contribution in [0.2, 0.25) is 0 Å². The molecule has 1 aliphatic rings. The average molecular weight is 271 g/mol. The van der Waals surface area contributed by atoms with Gasteiger partial charge in [0.05, 0.1) is 5.88 Å². The van der Waals surface area contributed by atoms with Gasteiger partial charge in [0, 0.05) is 30.1 Å². The Hall–Kier alpha value is -0.410. The van der Waals surface area contributed by atoms with Crippen molar-refractivity contribution in [1.82, 2.24) is 4.98 Å². The van der Waals surface area contributed by atoms with Crippen LogP contribution < -0.4 is 4.90 Å². The maximum Gasteiger partial charge on any atom is 0.133 e. The van der Waals surface area contributed by atoms with Gasteiger partial charge in [-0.3, -0.25) is 0 Å². The van der Waals surface area contributed by atoms with E-state index in [-0.39, 0.29) is 0 Å². The van der Waals surface area contributed by atoms with Crippen molar-refractivity contribution < 1.29 is 0 Å². The fourth-order valence-corrected chi connectivity index (χ4v) is 3.90. The zero-order valence-corrected chi connectivity index (χ0v) is 12.2. The Kier molecular flexibility index (Phi) is 4.21. The molecule has 0 aromatic carbocycles. The molecule has 94 valence electrons. The van der Waals surface area contributed by atoms with Crippen molar-refractivity contribution >= 4 is 29.2 Å². The quantitative estimate of drug-likeness (QED) is 0.784. The zero-order chi connectivity index (χ0) is 12.4. The molecule has 0 spiro atoms. The van der Waals surface area contributed by atoms with E-state index in [9.17, 15) is 0 Å². The Balaban J connectivity index is 2.35. The molecule has 1 aromatic rings. The maximum atomic E-state index is 6.07. The smallest absolute Gasteiger partial charge is 0.133 e. The molecule has 1 fully saturated rings. The summed E-state index contributed by atoms with van der Waals surface area (Å²) in [5, 5.41) is 0. The number of nitrogens with zero attached hydrogens (tertiary/aromatic N) is 2. The molecular weight excluding hydrogens is 252 g/mol. The first-order valence-electron chi connectivity index (χ1n) is 5.97. The van der Waals surface area contributed by atoms with Gasteiger partial charge in [0.25, 0.3) is 0 Å². The van der Waals surface area contributed by atoms with Crippen molar-refractivity contribution in [2.24, 2.45) is 0 Å². The molecule has 1 atom stereocenters. The Morgan fingerprint density at radius 3 is 2.88 bits per heavy atom. The Morgan fingerprint density at radius 1 is 1.53 bits per heavy atom. The average Bonchev–Trinajstić information content (AvgIpc) is 2.80. The highest BCUT2D eigenvalue weighted by Gasteiger charge is 2.23. The third-order valence-corrected chi connectivity index (χ3v) is 4.79. The van der Waals surface area contributed by atoms with E-state index in [1.165, 1.54) is 29.1 Å². The number of rotatable bonds is 3. The lowest BCUT2D eigenvalue weighted by atomic mass is 10.1. The van der Waals surface area contributed by atoms with Crippen LogP contribution in [0.5, 0.6) is 0 Å². The fourth-order valence-electron chi connectivity index (χ4n) is 2.30. The lowest BCUT2D eigenvalue weighted by Gasteiger charge is -2.27. The molecular formula is C13H19ClN2S. The van der Waals surface area contributed by atoms with Gasteiger partial charge in [0.15, 0.2) is 0 Å². The summed E-state index contributed by atoms with van der Waals surface area (Å²) >= 11 is 8.09. The van der Waals surface area contributed by atoms with E-state index in [1.807, 2.05) is 18.7 Å². The number of aromatic nitrogens is 1. The number of alkyl halides is 1. The second-order valence-electron chi connectivity index (χ2n) is 4.64. The summed E-state index contributed by atoms with van der Waals surface area (Å²) in [6.07, 6.45) is 1.25. The van der Waals surface area contributed by atoms with E-state index in [1.54, 1.807) is 0 Å². The van der Waals surface area contributed by atoms with Crippen molar-refractivity contribution in [3.8, 4) is 0 Å². The molecule has 1 aliphatic heterocycles. The molecule has 0 amide bonds. The molecule has 0 saturated carbocycles. The zero-order valence-electron chi connectivity index (χ0n) is 10.7. The minimum Gasteiger partial charge on any atom is -0.356 e. The van der Waals surface area contributed by atoms with Crippen molar-refractivity contribution in [2.75, 3.05) is 23.5 Å². The van der Waals surface area contributed by atoms with Gasteiger partial charge in [-0.15, -0.1) is 11.6 Å². The summed E-state index contributed by atoms with van der Waals surface area (Å²) in [6.45, 7) is 4.17. The van der Waals surface area contributed by atoms with Crippen LogP contribution in [0.25, 0.3) is 0 Å². The van der Waals surface area contributed by atoms with Gasteiger partial charge in [0.1, 0.15) is 5.82 Å². The van der Waals surface area contributed by atoms with Gasteiger partial charge in [0.2, 0.25) is 0 Å². The van der Waals surface area contributed by atoms with Crippen LogP contribution in [0.4, 0.5) is 5.82 Å². The Bertz CT molecular complexity index is 403. The molecule has 0 radical (unpaired) electrons. The lowest BCUT2D eigenvalue weighted by Crippen LogP contribution is -2.33. The number of hydrogen-bond acceptors (Lipinski definition) is 3. The molecule has 1 aromatic heterocycles. The topological polar surface area (TPSA) is 16.1 Å². The molecule has 0 aliphatic carbocycles. The number of aryl methyl sites for hydroxylation is 2. The van der Waals surface area contributed by atoms with Gasteiger partial charge in [-0.05, 0) is 37.7 Å². The molecule has 0 N–H and O–H groups in total. The largest absolute Gasteiger partial charge is 0.356 e. The van der Waals surface area contributed by atoms with Crippen molar-refractivity contribution in [1.29, 1.82) is 0 Å². The summed E-state index contributed by atoms with van der Waals surface area (Å²) in [7, 11) is 2.15. The van der Waals surface area contributed by atoms with E-state index in [0.717, 1.165) is 11.5 Å². The number of halogens is 1. The normalized spacial score (nSPS) is 19.6. The number of anilines is 1. The van der Waals surface area contributed by atoms with Crippen LogP contribution in [0.15, 0.2) is 6.07 Å². The monoisotopic (exact) mass is 270 g/mol. The highest BCUT2D eigenvalue weighted by molar-refractivity contribution is 7.99. The maximum absolute atomic E-state index is 6.07. The molecule has 1 saturated heterocycles. The van der Waals surface area contributed by atoms with Crippen LogP contribution in [0.3, 0.4) is 0 Å². The minimum atomic E-state index is 0.540. The van der Waals surface area contributed by atoms with Crippen LogP contribution in [0.1, 0.15) is 23.2 Å². The number of pyridine rings is 1. The molecule has 1 unspecified atom stereocenters.